The Hall–Kier alpha value is -0.160. The van der Waals surface area contributed by atoms with Crippen molar-refractivity contribution < 1.29 is 19.3 Å². The van der Waals surface area contributed by atoms with Crippen LogP contribution in [0.4, 0.5) is 0 Å². The third kappa shape index (κ3) is 2.20. The molecule has 13 heavy (non-hydrogen) atoms. The number of aliphatic hydroxyl groups excluding tert-OH is 1. The fourth-order valence-electron chi connectivity index (χ4n) is 1.74. The SMILES string of the molecule is OCC1COC(C2CCCCO2)O1. The second-order valence-electron chi connectivity index (χ2n) is 3.55. The summed E-state index contributed by atoms with van der Waals surface area (Å²) in [5.74, 6) is 0. The lowest BCUT2D eigenvalue weighted by Crippen LogP contribution is -2.33. The van der Waals surface area contributed by atoms with E-state index in [-0.39, 0.29) is 25.1 Å². The third-order valence-electron chi connectivity index (χ3n) is 2.50. The van der Waals surface area contributed by atoms with E-state index in [0.717, 1.165) is 19.4 Å². The Morgan fingerprint density at radius 2 is 2.15 bits per heavy atom. The molecule has 76 valence electrons. The molecule has 0 saturated carbocycles. The van der Waals surface area contributed by atoms with Crippen LogP contribution in [-0.4, -0.2) is 43.4 Å². The summed E-state index contributed by atoms with van der Waals surface area (Å²) in [6.07, 6.45) is 2.98. The lowest BCUT2D eigenvalue weighted by Gasteiger charge is -2.26. The number of rotatable bonds is 2. The van der Waals surface area contributed by atoms with Crippen LogP contribution in [0.1, 0.15) is 19.3 Å². The van der Waals surface area contributed by atoms with Gasteiger partial charge in [0.2, 0.25) is 0 Å². The number of aliphatic hydroxyl groups is 1. The molecular formula is C9H16O4. The van der Waals surface area contributed by atoms with Gasteiger partial charge in [-0.2, -0.15) is 0 Å². The van der Waals surface area contributed by atoms with Crippen molar-refractivity contribution >= 4 is 0 Å². The van der Waals surface area contributed by atoms with Crippen molar-refractivity contribution in [2.24, 2.45) is 0 Å². The summed E-state index contributed by atoms with van der Waals surface area (Å²) in [7, 11) is 0. The lowest BCUT2D eigenvalue weighted by atomic mass is 10.1. The van der Waals surface area contributed by atoms with E-state index < -0.39 is 0 Å². The quantitative estimate of drug-likeness (QED) is 0.676. The summed E-state index contributed by atoms with van der Waals surface area (Å²) in [6.45, 7) is 1.32. The largest absolute Gasteiger partial charge is 0.394 e. The number of ether oxygens (including phenoxy) is 3. The van der Waals surface area contributed by atoms with Crippen molar-refractivity contribution in [2.45, 2.75) is 37.8 Å². The minimum absolute atomic E-state index is 0.0310. The predicted octanol–water partition coefficient (Wildman–Crippen LogP) is 0.289. The summed E-state index contributed by atoms with van der Waals surface area (Å²) < 4.78 is 16.4. The van der Waals surface area contributed by atoms with E-state index in [1.54, 1.807) is 0 Å². The first-order chi connectivity index (χ1) is 6.40. The van der Waals surface area contributed by atoms with Crippen LogP contribution in [0, 0.1) is 0 Å². The Bertz CT molecular complexity index is 156. The molecule has 3 unspecified atom stereocenters. The molecule has 2 fully saturated rings. The van der Waals surface area contributed by atoms with Crippen LogP contribution in [0.15, 0.2) is 0 Å². The van der Waals surface area contributed by atoms with Gasteiger partial charge in [0.15, 0.2) is 6.29 Å². The molecule has 0 amide bonds. The van der Waals surface area contributed by atoms with Crippen molar-refractivity contribution in [3.8, 4) is 0 Å². The molecule has 0 aromatic rings. The van der Waals surface area contributed by atoms with Crippen LogP contribution in [-0.2, 0) is 14.2 Å². The van der Waals surface area contributed by atoms with Crippen LogP contribution in [0.3, 0.4) is 0 Å². The predicted molar refractivity (Wildman–Crippen MR) is 45.3 cm³/mol. The van der Waals surface area contributed by atoms with E-state index in [4.69, 9.17) is 19.3 Å². The Labute approximate surface area is 77.8 Å². The first kappa shape index (κ1) is 9.40. The minimum Gasteiger partial charge on any atom is -0.394 e. The summed E-state index contributed by atoms with van der Waals surface area (Å²) in [5.41, 5.74) is 0. The highest BCUT2D eigenvalue weighted by molar-refractivity contribution is 4.73. The molecule has 4 heteroatoms. The van der Waals surface area contributed by atoms with Crippen LogP contribution < -0.4 is 0 Å². The van der Waals surface area contributed by atoms with Gasteiger partial charge in [0.05, 0.1) is 13.2 Å². The van der Waals surface area contributed by atoms with E-state index in [0.29, 0.717) is 6.61 Å². The van der Waals surface area contributed by atoms with Crippen molar-refractivity contribution in [1.82, 2.24) is 0 Å². The highest BCUT2D eigenvalue weighted by Gasteiger charge is 2.33. The first-order valence-electron chi connectivity index (χ1n) is 4.89. The van der Waals surface area contributed by atoms with Gasteiger partial charge in [0, 0.05) is 6.61 Å². The molecule has 1 N–H and O–H groups in total. The Balaban J connectivity index is 1.80. The molecule has 0 aliphatic carbocycles. The van der Waals surface area contributed by atoms with Gasteiger partial charge >= 0.3 is 0 Å². The van der Waals surface area contributed by atoms with Gasteiger partial charge in [-0.1, -0.05) is 0 Å². The molecule has 3 atom stereocenters. The van der Waals surface area contributed by atoms with E-state index in [1.165, 1.54) is 6.42 Å². The molecule has 0 bridgehead atoms. The van der Waals surface area contributed by atoms with Gasteiger partial charge in [0.25, 0.3) is 0 Å². The molecule has 4 nitrogen and oxygen atoms in total. The normalized spacial score (nSPS) is 40.8. The average Bonchev–Trinajstić information content (AvgIpc) is 2.67. The lowest BCUT2D eigenvalue weighted by molar-refractivity contribution is -0.165. The molecule has 2 heterocycles. The second-order valence-corrected chi connectivity index (χ2v) is 3.55. The van der Waals surface area contributed by atoms with Crippen LogP contribution in [0.2, 0.25) is 0 Å². The van der Waals surface area contributed by atoms with Crippen molar-refractivity contribution in [3.63, 3.8) is 0 Å². The van der Waals surface area contributed by atoms with E-state index >= 15 is 0 Å². The van der Waals surface area contributed by atoms with E-state index in [1.807, 2.05) is 0 Å². The maximum Gasteiger partial charge on any atom is 0.184 e. The zero-order chi connectivity index (χ0) is 9.10. The fraction of sp³-hybridized carbons (Fsp3) is 1.00. The molecule has 0 aromatic heterocycles. The standard InChI is InChI=1S/C9H16O4/c10-5-7-6-12-9(13-7)8-3-1-2-4-11-8/h7-10H,1-6H2. The molecule has 2 rings (SSSR count). The molecule has 2 saturated heterocycles. The summed E-state index contributed by atoms with van der Waals surface area (Å²) in [5, 5.41) is 8.84. The van der Waals surface area contributed by atoms with Gasteiger partial charge < -0.3 is 19.3 Å². The van der Waals surface area contributed by atoms with E-state index in [9.17, 15) is 0 Å². The van der Waals surface area contributed by atoms with Crippen LogP contribution >= 0.6 is 0 Å². The van der Waals surface area contributed by atoms with Gasteiger partial charge in [-0.15, -0.1) is 0 Å². The zero-order valence-electron chi connectivity index (χ0n) is 7.65. The molecular weight excluding hydrogens is 172 g/mol. The Morgan fingerprint density at radius 1 is 1.23 bits per heavy atom. The van der Waals surface area contributed by atoms with Gasteiger partial charge in [-0.3, -0.25) is 0 Å². The van der Waals surface area contributed by atoms with Crippen LogP contribution in [0.25, 0.3) is 0 Å². The maximum atomic E-state index is 8.84. The van der Waals surface area contributed by atoms with Gasteiger partial charge in [-0.05, 0) is 19.3 Å². The van der Waals surface area contributed by atoms with Crippen molar-refractivity contribution in [2.75, 3.05) is 19.8 Å². The van der Waals surface area contributed by atoms with Crippen molar-refractivity contribution in [3.05, 3.63) is 0 Å². The summed E-state index contributed by atoms with van der Waals surface area (Å²) in [6, 6.07) is 0. The van der Waals surface area contributed by atoms with Crippen molar-refractivity contribution in [1.29, 1.82) is 0 Å². The number of hydrogen-bond acceptors (Lipinski definition) is 4. The monoisotopic (exact) mass is 188 g/mol. The van der Waals surface area contributed by atoms with E-state index in [2.05, 4.69) is 0 Å². The minimum atomic E-state index is -0.252. The average molecular weight is 188 g/mol. The summed E-state index contributed by atoms with van der Waals surface area (Å²) >= 11 is 0. The van der Waals surface area contributed by atoms with Gasteiger partial charge in [-0.25, -0.2) is 0 Å². The number of hydrogen-bond donors (Lipinski definition) is 1. The molecule has 0 spiro atoms. The third-order valence-corrected chi connectivity index (χ3v) is 2.50. The molecule has 0 radical (unpaired) electrons. The highest BCUT2D eigenvalue weighted by Crippen LogP contribution is 2.23. The van der Waals surface area contributed by atoms with Gasteiger partial charge in [0.1, 0.15) is 12.2 Å². The van der Waals surface area contributed by atoms with Crippen LogP contribution in [0.5, 0.6) is 0 Å². The molecule has 2 aliphatic rings. The molecule has 0 aromatic carbocycles. The maximum absolute atomic E-state index is 8.84. The second kappa shape index (κ2) is 4.37. The Morgan fingerprint density at radius 3 is 2.77 bits per heavy atom. The summed E-state index contributed by atoms with van der Waals surface area (Å²) in [4.78, 5) is 0. The zero-order valence-corrected chi connectivity index (χ0v) is 7.65. The smallest absolute Gasteiger partial charge is 0.184 e. The topological polar surface area (TPSA) is 47.9 Å². The first-order valence-corrected chi connectivity index (χ1v) is 4.89. The highest BCUT2D eigenvalue weighted by atomic mass is 16.7. The fourth-order valence-corrected chi connectivity index (χ4v) is 1.74. The Kier molecular flexibility index (Phi) is 3.16. The molecule has 2 aliphatic heterocycles.